The Kier molecular flexibility index (Phi) is 3.93. The fourth-order valence-corrected chi connectivity index (χ4v) is 2.47. The molecule has 0 saturated carbocycles. The molecular formula is C15H19FN4O3. The molecule has 1 fully saturated rings. The molecule has 2 aromatic heterocycles. The Morgan fingerprint density at radius 3 is 2.91 bits per heavy atom. The summed E-state index contributed by atoms with van der Waals surface area (Å²) < 4.78 is 26.0. The Morgan fingerprint density at radius 2 is 2.17 bits per heavy atom. The molecule has 0 aromatic carbocycles. The van der Waals surface area contributed by atoms with Gasteiger partial charge in [-0.3, -0.25) is 9.30 Å². The predicted octanol–water partition coefficient (Wildman–Crippen LogP) is 2.18. The lowest BCUT2D eigenvalue weighted by atomic mass is 10.2. The molecule has 1 saturated heterocycles. The Labute approximate surface area is 133 Å². The number of hydrogen-bond donors (Lipinski definition) is 0. The zero-order valence-electron chi connectivity index (χ0n) is 13.3. The first kappa shape index (κ1) is 15.7. The van der Waals surface area contributed by atoms with Crippen LogP contribution in [0.15, 0.2) is 18.3 Å². The highest BCUT2D eigenvalue weighted by atomic mass is 19.1. The van der Waals surface area contributed by atoms with E-state index in [9.17, 15) is 9.18 Å². The van der Waals surface area contributed by atoms with E-state index in [4.69, 9.17) is 9.47 Å². The number of pyridine rings is 1. The van der Waals surface area contributed by atoms with Gasteiger partial charge < -0.3 is 9.47 Å². The fraction of sp³-hybridized carbons (Fsp3) is 0.533. The van der Waals surface area contributed by atoms with Crippen molar-refractivity contribution >= 4 is 11.7 Å². The van der Waals surface area contributed by atoms with E-state index in [0.29, 0.717) is 24.6 Å². The van der Waals surface area contributed by atoms with Crippen LogP contribution in [0, 0.1) is 5.82 Å². The summed E-state index contributed by atoms with van der Waals surface area (Å²) in [7, 11) is 0. The van der Waals surface area contributed by atoms with Crippen LogP contribution in [0.2, 0.25) is 0 Å². The van der Waals surface area contributed by atoms with Crippen LogP contribution in [0.25, 0.3) is 5.65 Å². The van der Waals surface area contributed by atoms with Crippen molar-refractivity contribution in [1.29, 1.82) is 0 Å². The number of rotatable bonds is 1. The first-order valence-electron chi connectivity index (χ1n) is 7.43. The van der Waals surface area contributed by atoms with Crippen molar-refractivity contribution in [3.8, 4) is 0 Å². The minimum Gasteiger partial charge on any atom is -0.444 e. The number of halogens is 1. The smallest absolute Gasteiger partial charge is 0.411 e. The Bertz CT molecular complexity index is 725. The second-order valence-corrected chi connectivity index (χ2v) is 6.40. The second-order valence-electron chi connectivity index (χ2n) is 6.40. The number of hydrogen-bond acceptors (Lipinski definition) is 5. The van der Waals surface area contributed by atoms with Crippen LogP contribution in [-0.2, 0) is 9.47 Å². The Morgan fingerprint density at radius 1 is 1.39 bits per heavy atom. The molecule has 1 aliphatic rings. The number of ether oxygens (including phenoxy) is 2. The number of aromatic nitrogens is 3. The van der Waals surface area contributed by atoms with Crippen LogP contribution in [-0.4, -0.2) is 51.0 Å². The third-order valence-electron chi connectivity index (χ3n) is 3.45. The fourth-order valence-electron chi connectivity index (χ4n) is 2.47. The van der Waals surface area contributed by atoms with Gasteiger partial charge >= 0.3 is 6.09 Å². The molecule has 8 heteroatoms. The van der Waals surface area contributed by atoms with Gasteiger partial charge in [0, 0.05) is 12.7 Å². The average Bonchev–Trinajstić information content (AvgIpc) is 2.88. The lowest BCUT2D eigenvalue weighted by molar-refractivity contribution is -0.0353. The van der Waals surface area contributed by atoms with E-state index in [1.807, 2.05) is 20.8 Å². The van der Waals surface area contributed by atoms with Crippen LogP contribution in [0.3, 0.4) is 0 Å². The summed E-state index contributed by atoms with van der Waals surface area (Å²) in [5, 5.41) is 8.12. The maximum absolute atomic E-state index is 13.5. The van der Waals surface area contributed by atoms with Crippen molar-refractivity contribution in [2.45, 2.75) is 32.4 Å². The van der Waals surface area contributed by atoms with E-state index in [1.165, 1.54) is 22.7 Å². The standard InChI is InChI=1S/C15H19FN4O3/c1-15(2,3)23-14(21)19-6-7-22-9-11(19)13-18-17-12-5-4-10(16)8-20(12)13/h4-5,8,11H,6-7,9H2,1-3H3/t11-/m1/s1. The van der Waals surface area contributed by atoms with Crippen molar-refractivity contribution < 1.29 is 18.7 Å². The van der Waals surface area contributed by atoms with Crippen molar-refractivity contribution in [2.75, 3.05) is 19.8 Å². The van der Waals surface area contributed by atoms with Gasteiger partial charge in [-0.2, -0.15) is 0 Å². The number of carbonyl (C=O) groups excluding carboxylic acids is 1. The molecule has 1 aliphatic heterocycles. The summed E-state index contributed by atoms with van der Waals surface area (Å²) in [6.45, 7) is 6.48. The minimum atomic E-state index is -0.598. The maximum Gasteiger partial charge on any atom is 0.411 e. The second kappa shape index (κ2) is 5.77. The maximum atomic E-state index is 13.5. The zero-order valence-corrected chi connectivity index (χ0v) is 13.3. The van der Waals surface area contributed by atoms with E-state index in [-0.39, 0.29) is 6.61 Å². The summed E-state index contributed by atoms with van der Waals surface area (Å²) in [5.74, 6) is 0.0455. The van der Waals surface area contributed by atoms with Gasteiger partial charge in [0.2, 0.25) is 0 Å². The molecule has 0 aliphatic carbocycles. The van der Waals surface area contributed by atoms with Crippen LogP contribution in [0.4, 0.5) is 9.18 Å². The van der Waals surface area contributed by atoms with Crippen molar-refractivity contribution in [3.63, 3.8) is 0 Å². The van der Waals surface area contributed by atoms with Crippen LogP contribution in [0.1, 0.15) is 32.6 Å². The summed E-state index contributed by atoms with van der Waals surface area (Å²) in [4.78, 5) is 14.0. The van der Waals surface area contributed by atoms with Gasteiger partial charge in [0.05, 0.1) is 13.2 Å². The van der Waals surface area contributed by atoms with Crippen LogP contribution < -0.4 is 0 Å². The number of carbonyl (C=O) groups is 1. The van der Waals surface area contributed by atoms with Crippen LogP contribution >= 0.6 is 0 Å². The largest absolute Gasteiger partial charge is 0.444 e. The van der Waals surface area contributed by atoms with E-state index in [0.717, 1.165) is 0 Å². The number of fused-ring (bicyclic) bond motifs is 1. The van der Waals surface area contributed by atoms with E-state index in [2.05, 4.69) is 10.2 Å². The summed E-state index contributed by atoms with van der Waals surface area (Å²) in [6.07, 6.45) is 0.853. The summed E-state index contributed by atoms with van der Waals surface area (Å²) >= 11 is 0. The Hall–Kier alpha value is -2.22. The SMILES string of the molecule is CC(C)(C)OC(=O)N1CCOC[C@@H]1c1nnc2ccc(F)cn12. The molecule has 124 valence electrons. The molecular weight excluding hydrogens is 303 g/mol. The first-order chi connectivity index (χ1) is 10.8. The molecule has 1 amide bonds. The van der Waals surface area contributed by atoms with Crippen molar-refractivity contribution in [2.24, 2.45) is 0 Å². The number of amides is 1. The van der Waals surface area contributed by atoms with Crippen molar-refractivity contribution in [1.82, 2.24) is 19.5 Å². The zero-order chi connectivity index (χ0) is 16.6. The van der Waals surface area contributed by atoms with E-state index >= 15 is 0 Å². The highest BCUT2D eigenvalue weighted by molar-refractivity contribution is 5.69. The molecule has 3 rings (SSSR count). The van der Waals surface area contributed by atoms with Crippen molar-refractivity contribution in [3.05, 3.63) is 30.0 Å². The first-order valence-corrected chi connectivity index (χ1v) is 7.43. The highest BCUT2D eigenvalue weighted by Gasteiger charge is 2.34. The molecule has 0 bridgehead atoms. The highest BCUT2D eigenvalue weighted by Crippen LogP contribution is 2.25. The minimum absolute atomic E-state index is 0.260. The Balaban J connectivity index is 1.94. The molecule has 2 aromatic rings. The van der Waals surface area contributed by atoms with Gasteiger partial charge in [-0.1, -0.05) is 0 Å². The van der Waals surface area contributed by atoms with Gasteiger partial charge in [0.25, 0.3) is 0 Å². The van der Waals surface area contributed by atoms with E-state index < -0.39 is 23.6 Å². The molecule has 1 atom stereocenters. The van der Waals surface area contributed by atoms with Gasteiger partial charge in [-0.25, -0.2) is 9.18 Å². The lowest BCUT2D eigenvalue weighted by Crippen LogP contribution is -2.46. The average molecular weight is 322 g/mol. The molecule has 0 radical (unpaired) electrons. The molecule has 0 unspecified atom stereocenters. The molecule has 0 spiro atoms. The third kappa shape index (κ3) is 3.26. The quantitative estimate of drug-likeness (QED) is 0.805. The molecule has 0 N–H and O–H groups in total. The monoisotopic (exact) mass is 322 g/mol. The molecule has 3 heterocycles. The number of nitrogens with zero attached hydrogens (tertiary/aromatic N) is 4. The van der Waals surface area contributed by atoms with Gasteiger partial charge in [-0.15, -0.1) is 10.2 Å². The topological polar surface area (TPSA) is 69.0 Å². The summed E-state index contributed by atoms with van der Waals surface area (Å²) in [5.41, 5.74) is -0.0880. The molecule has 23 heavy (non-hydrogen) atoms. The van der Waals surface area contributed by atoms with Gasteiger partial charge in [0.1, 0.15) is 17.5 Å². The van der Waals surface area contributed by atoms with Crippen LogP contribution in [0.5, 0.6) is 0 Å². The van der Waals surface area contributed by atoms with Gasteiger partial charge in [0.15, 0.2) is 11.5 Å². The summed E-state index contributed by atoms with van der Waals surface area (Å²) in [6, 6.07) is 2.37. The normalized spacial score (nSPS) is 19.1. The predicted molar refractivity (Wildman–Crippen MR) is 79.4 cm³/mol. The number of morpholine rings is 1. The van der Waals surface area contributed by atoms with Gasteiger partial charge in [-0.05, 0) is 32.9 Å². The third-order valence-corrected chi connectivity index (χ3v) is 3.45. The van der Waals surface area contributed by atoms with E-state index in [1.54, 1.807) is 4.90 Å². The molecule has 7 nitrogen and oxygen atoms in total. The lowest BCUT2D eigenvalue weighted by Gasteiger charge is -2.35.